The van der Waals surface area contributed by atoms with Gasteiger partial charge in [0.25, 0.3) is 0 Å². The van der Waals surface area contributed by atoms with Crippen LogP contribution in [0.5, 0.6) is 0 Å². The summed E-state index contributed by atoms with van der Waals surface area (Å²) in [6.07, 6.45) is 47.3. The summed E-state index contributed by atoms with van der Waals surface area (Å²) in [7, 11) is 5.88. The zero-order valence-corrected chi connectivity index (χ0v) is 43.3. The van der Waals surface area contributed by atoms with E-state index in [9.17, 15) is 14.4 Å². The smallest absolute Gasteiger partial charge is 0.306 e. The topological polar surface area (TPSA) is 78.9 Å². The molecular formula is C54H107N3O4S. The number of hydrogen-bond acceptors (Lipinski definition) is 6. The van der Waals surface area contributed by atoms with Gasteiger partial charge in [-0.1, -0.05) is 233 Å². The molecule has 8 heteroatoms. The SMILES string of the molecule is CCCCCCCCCCCCCCCCCCCCCCOC(=O)CCSCCC(NC(=O)C(CCCCCCCC)CCCCCCCCCC)C(=O)N(C)CCN(C)C. The molecule has 0 aliphatic rings. The Morgan fingerprint density at radius 3 is 1.23 bits per heavy atom. The van der Waals surface area contributed by atoms with Gasteiger partial charge in [0.2, 0.25) is 11.8 Å². The van der Waals surface area contributed by atoms with E-state index >= 15 is 0 Å². The number of esters is 1. The summed E-state index contributed by atoms with van der Waals surface area (Å²) >= 11 is 1.68. The number of rotatable bonds is 49. The lowest BCUT2D eigenvalue weighted by molar-refractivity contribution is -0.143. The third-order valence-electron chi connectivity index (χ3n) is 12.8. The number of unbranched alkanes of at least 4 members (excludes halogenated alkanes) is 31. The fourth-order valence-electron chi connectivity index (χ4n) is 8.45. The quantitative estimate of drug-likeness (QED) is 0.0484. The summed E-state index contributed by atoms with van der Waals surface area (Å²) in [4.78, 5) is 43.9. The monoisotopic (exact) mass is 894 g/mol. The molecule has 0 aliphatic heterocycles. The number of ether oxygens (including phenoxy) is 1. The number of nitrogens with one attached hydrogen (secondary N) is 1. The van der Waals surface area contributed by atoms with Crippen LogP contribution >= 0.6 is 11.8 Å². The first kappa shape index (κ1) is 60.7. The molecule has 62 heavy (non-hydrogen) atoms. The summed E-state index contributed by atoms with van der Waals surface area (Å²) in [5.74, 6) is 1.26. The summed E-state index contributed by atoms with van der Waals surface area (Å²) < 4.78 is 5.56. The summed E-state index contributed by atoms with van der Waals surface area (Å²) in [5.41, 5.74) is 0. The van der Waals surface area contributed by atoms with E-state index in [4.69, 9.17) is 4.74 Å². The maximum atomic E-state index is 13.9. The average Bonchev–Trinajstić information content (AvgIpc) is 3.26. The third-order valence-corrected chi connectivity index (χ3v) is 13.8. The molecule has 7 nitrogen and oxygen atoms in total. The van der Waals surface area contributed by atoms with Crippen LogP contribution in [-0.2, 0) is 19.1 Å². The van der Waals surface area contributed by atoms with Crippen LogP contribution in [0.2, 0.25) is 0 Å². The Morgan fingerprint density at radius 2 is 0.839 bits per heavy atom. The Labute approximate surface area is 391 Å². The molecule has 0 rings (SSSR count). The first-order valence-corrected chi connectivity index (χ1v) is 28.4. The van der Waals surface area contributed by atoms with Gasteiger partial charge >= 0.3 is 5.97 Å². The molecule has 0 spiro atoms. The zero-order valence-electron chi connectivity index (χ0n) is 42.5. The van der Waals surface area contributed by atoms with Crippen molar-refractivity contribution in [3.8, 4) is 0 Å². The molecule has 2 unspecified atom stereocenters. The third kappa shape index (κ3) is 41.4. The first-order valence-electron chi connectivity index (χ1n) is 27.2. The molecule has 0 fully saturated rings. The van der Waals surface area contributed by atoms with Gasteiger partial charge in [-0.3, -0.25) is 14.4 Å². The Bertz CT molecular complexity index is 981. The van der Waals surface area contributed by atoms with Crippen molar-refractivity contribution in [2.75, 3.05) is 52.3 Å². The second kappa shape index (κ2) is 47.7. The number of hydrogen-bond donors (Lipinski definition) is 1. The van der Waals surface area contributed by atoms with Crippen LogP contribution in [-0.4, -0.2) is 86.0 Å². The molecule has 0 aromatic carbocycles. The number of amides is 2. The molecule has 0 aromatic rings. The summed E-state index contributed by atoms with van der Waals surface area (Å²) in [6.45, 7) is 8.71. The van der Waals surface area contributed by atoms with Crippen molar-refractivity contribution in [1.29, 1.82) is 0 Å². The van der Waals surface area contributed by atoms with Gasteiger partial charge < -0.3 is 19.9 Å². The van der Waals surface area contributed by atoms with Crippen molar-refractivity contribution < 1.29 is 19.1 Å². The minimum atomic E-state index is -0.543. The predicted molar refractivity (Wildman–Crippen MR) is 272 cm³/mol. The normalized spacial score (nSPS) is 12.5. The second-order valence-electron chi connectivity index (χ2n) is 19.2. The van der Waals surface area contributed by atoms with Gasteiger partial charge in [-0.2, -0.15) is 11.8 Å². The van der Waals surface area contributed by atoms with E-state index in [1.807, 2.05) is 21.1 Å². The lowest BCUT2D eigenvalue weighted by atomic mass is 9.92. The van der Waals surface area contributed by atoms with Crippen molar-refractivity contribution in [2.24, 2.45) is 5.92 Å². The highest BCUT2D eigenvalue weighted by Crippen LogP contribution is 2.21. The van der Waals surface area contributed by atoms with Gasteiger partial charge in [-0.15, -0.1) is 0 Å². The lowest BCUT2D eigenvalue weighted by Gasteiger charge is -2.27. The molecule has 0 aromatic heterocycles. The molecule has 0 bridgehead atoms. The standard InChI is InChI=1S/C54H107N3O4S/c1-7-10-13-16-19-21-22-23-24-25-26-27-28-29-30-31-32-34-37-40-47-61-52(58)44-49-62-48-43-51(54(60)57(6)46-45-56(4)5)55-53(59)50(41-38-35-18-15-12-9-3)42-39-36-33-20-17-14-11-8-2/h50-51H,7-49H2,1-6H3,(H,55,59). The van der Waals surface area contributed by atoms with E-state index in [0.717, 1.165) is 45.1 Å². The highest BCUT2D eigenvalue weighted by molar-refractivity contribution is 7.99. The molecule has 368 valence electrons. The van der Waals surface area contributed by atoms with Crippen LogP contribution in [0, 0.1) is 5.92 Å². The first-order chi connectivity index (χ1) is 30.3. The average molecular weight is 895 g/mol. The minimum absolute atomic E-state index is 0.0135. The van der Waals surface area contributed by atoms with Crippen LogP contribution in [0.15, 0.2) is 0 Å². The largest absolute Gasteiger partial charge is 0.466 e. The van der Waals surface area contributed by atoms with Gasteiger partial charge in [0.15, 0.2) is 0 Å². The Morgan fingerprint density at radius 1 is 0.468 bits per heavy atom. The maximum absolute atomic E-state index is 13.9. The van der Waals surface area contributed by atoms with Gasteiger partial charge in [0.1, 0.15) is 6.04 Å². The Kier molecular flexibility index (Phi) is 46.7. The molecule has 0 radical (unpaired) electrons. The van der Waals surface area contributed by atoms with Gasteiger partial charge in [-0.05, 0) is 45.5 Å². The zero-order chi connectivity index (χ0) is 45.6. The van der Waals surface area contributed by atoms with E-state index in [1.165, 1.54) is 193 Å². The lowest BCUT2D eigenvalue weighted by Crippen LogP contribution is -2.50. The maximum Gasteiger partial charge on any atom is 0.306 e. The highest BCUT2D eigenvalue weighted by Gasteiger charge is 2.27. The van der Waals surface area contributed by atoms with E-state index in [-0.39, 0.29) is 23.7 Å². The van der Waals surface area contributed by atoms with Crippen molar-refractivity contribution >= 4 is 29.5 Å². The molecule has 2 atom stereocenters. The summed E-state index contributed by atoms with van der Waals surface area (Å²) in [6, 6.07) is -0.543. The molecule has 0 heterocycles. The van der Waals surface area contributed by atoms with Gasteiger partial charge in [-0.25, -0.2) is 0 Å². The van der Waals surface area contributed by atoms with Crippen LogP contribution < -0.4 is 5.32 Å². The van der Waals surface area contributed by atoms with Crippen LogP contribution in [0.1, 0.15) is 265 Å². The molecule has 0 aliphatic carbocycles. The number of likely N-dealkylation sites (N-methyl/N-ethyl adjacent to an activating group) is 2. The molecule has 1 N–H and O–H groups in total. The van der Waals surface area contributed by atoms with E-state index < -0.39 is 6.04 Å². The molecule has 0 saturated heterocycles. The van der Waals surface area contributed by atoms with Crippen molar-refractivity contribution in [1.82, 2.24) is 15.1 Å². The van der Waals surface area contributed by atoms with E-state index in [1.54, 1.807) is 16.7 Å². The highest BCUT2D eigenvalue weighted by atomic mass is 32.2. The fraction of sp³-hybridized carbons (Fsp3) is 0.944. The number of thioether (sulfide) groups is 1. The predicted octanol–water partition coefficient (Wildman–Crippen LogP) is 15.3. The van der Waals surface area contributed by atoms with Crippen LogP contribution in [0.3, 0.4) is 0 Å². The van der Waals surface area contributed by atoms with Gasteiger partial charge in [0.05, 0.1) is 13.0 Å². The second-order valence-corrected chi connectivity index (χ2v) is 20.5. The number of nitrogens with zero attached hydrogens (tertiary/aromatic N) is 2. The van der Waals surface area contributed by atoms with Crippen LogP contribution in [0.25, 0.3) is 0 Å². The van der Waals surface area contributed by atoms with Crippen molar-refractivity contribution in [3.05, 3.63) is 0 Å². The van der Waals surface area contributed by atoms with Crippen molar-refractivity contribution in [2.45, 2.75) is 271 Å². The van der Waals surface area contributed by atoms with Gasteiger partial charge in [0, 0.05) is 31.8 Å². The molecule has 2 amide bonds. The molecular weight excluding hydrogens is 787 g/mol. The number of carbonyl (C=O) groups excluding carboxylic acids is 3. The summed E-state index contributed by atoms with van der Waals surface area (Å²) in [5, 5.41) is 3.25. The Hall–Kier alpha value is -1.28. The Balaban J connectivity index is 4.45. The number of carbonyl (C=O) groups is 3. The van der Waals surface area contributed by atoms with E-state index in [0.29, 0.717) is 37.5 Å². The fourth-order valence-corrected chi connectivity index (χ4v) is 9.37. The van der Waals surface area contributed by atoms with Crippen LogP contribution in [0.4, 0.5) is 0 Å². The van der Waals surface area contributed by atoms with E-state index in [2.05, 4.69) is 31.0 Å². The minimum Gasteiger partial charge on any atom is -0.466 e. The van der Waals surface area contributed by atoms with Crippen molar-refractivity contribution in [3.63, 3.8) is 0 Å². The molecule has 0 saturated carbocycles.